The highest BCUT2D eigenvalue weighted by molar-refractivity contribution is 7.18. The third-order valence-corrected chi connectivity index (χ3v) is 4.30. The van der Waals surface area contributed by atoms with Gasteiger partial charge in [0, 0.05) is 26.4 Å². The van der Waals surface area contributed by atoms with Crippen molar-refractivity contribution in [2.24, 2.45) is 0 Å². The van der Waals surface area contributed by atoms with E-state index in [9.17, 15) is 9.90 Å². The molecular weight excluding hydrogens is 272 g/mol. The molecule has 4 nitrogen and oxygen atoms in total. The molecule has 1 heterocycles. The lowest BCUT2D eigenvalue weighted by atomic mass is 10.2. The van der Waals surface area contributed by atoms with Gasteiger partial charge in [-0.15, -0.1) is 11.3 Å². The Kier molecular flexibility index (Phi) is 5.09. The second kappa shape index (κ2) is 6.81. The van der Waals surface area contributed by atoms with Gasteiger partial charge in [-0.1, -0.05) is 12.1 Å². The average Bonchev–Trinajstić information content (AvgIpc) is 2.84. The van der Waals surface area contributed by atoms with E-state index in [-0.39, 0.29) is 12.0 Å². The highest BCUT2D eigenvalue weighted by atomic mass is 32.1. The summed E-state index contributed by atoms with van der Waals surface area (Å²) in [6.45, 7) is 2.33. The minimum atomic E-state index is -0.366. The predicted molar refractivity (Wildman–Crippen MR) is 81.9 cm³/mol. The number of fused-ring (bicyclic) bond motifs is 1. The number of carbonyl (C=O) groups is 1. The molecule has 0 aliphatic heterocycles. The van der Waals surface area contributed by atoms with Crippen LogP contribution in [0.3, 0.4) is 0 Å². The number of para-hydroxylation sites is 1. The quantitative estimate of drug-likeness (QED) is 0.890. The summed E-state index contributed by atoms with van der Waals surface area (Å²) in [5, 5.41) is 10.2. The van der Waals surface area contributed by atoms with E-state index in [1.165, 1.54) is 0 Å². The van der Waals surface area contributed by atoms with E-state index >= 15 is 0 Å². The maximum atomic E-state index is 12.0. The lowest BCUT2D eigenvalue weighted by molar-refractivity contribution is -0.130. The summed E-state index contributed by atoms with van der Waals surface area (Å²) in [7, 11) is 1.78. The Morgan fingerprint density at radius 2 is 2.20 bits per heavy atom. The Bertz CT molecular complexity index is 547. The minimum absolute atomic E-state index is 0.102. The largest absolute Gasteiger partial charge is 0.393 e. The number of hydrogen-bond donors (Lipinski definition) is 1. The summed E-state index contributed by atoms with van der Waals surface area (Å²) in [6.07, 6.45) is 1.39. The third-order valence-electron chi connectivity index (χ3n) is 3.20. The number of carbonyl (C=O) groups excluding carboxylic acids is 1. The van der Waals surface area contributed by atoms with Gasteiger partial charge in [-0.2, -0.15) is 0 Å². The minimum Gasteiger partial charge on any atom is -0.393 e. The van der Waals surface area contributed by atoms with Gasteiger partial charge < -0.3 is 10.0 Å². The van der Waals surface area contributed by atoms with Crippen molar-refractivity contribution in [1.29, 1.82) is 0 Å². The molecule has 0 radical (unpaired) electrons. The molecule has 0 spiro atoms. The number of nitrogens with zero attached hydrogens (tertiary/aromatic N) is 2. The molecule has 0 saturated heterocycles. The first-order chi connectivity index (χ1) is 9.56. The first-order valence-electron chi connectivity index (χ1n) is 6.82. The number of thiazole rings is 1. The second-order valence-corrected chi connectivity index (χ2v) is 6.14. The molecule has 0 aliphatic carbocycles. The number of hydrogen-bond acceptors (Lipinski definition) is 4. The van der Waals surface area contributed by atoms with Crippen molar-refractivity contribution in [3.05, 3.63) is 29.3 Å². The van der Waals surface area contributed by atoms with Crippen LogP contribution in [-0.2, 0) is 11.2 Å². The molecule has 1 aromatic heterocycles. The van der Waals surface area contributed by atoms with E-state index in [2.05, 4.69) is 4.98 Å². The van der Waals surface area contributed by atoms with Gasteiger partial charge in [-0.3, -0.25) is 4.79 Å². The van der Waals surface area contributed by atoms with Crippen LogP contribution < -0.4 is 0 Å². The van der Waals surface area contributed by atoms with Crippen LogP contribution in [-0.4, -0.2) is 40.6 Å². The van der Waals surface area contributed by atoms with E-state index in [4.69, 9.17) is 0 Å². The molecule has 0 bridgehead atoms. The molecule has 1 N–H and O–H groups in total. The van der Waals surface area contributed by atoms with E-state index in [0.717, 1.165) is 15.2 Å². The van der Waals surface area contributed by atoms with Crippen molar-refractivity contribution < 1.29 is 9.90 Å². The number of aryl methyl sites for hydroxylation is 1. The Labute approximate surface area is 123 Å². The van der Waals surface area contributed by atoms with Crippen LogP contribution >= 0.6 is 11.3 Å². The fraction of sp³-hybridized carbons (Fsp3) is 0.467. The van der Waals surface area contributed by atoms with Gasteiger partial charge in [-0.25, -0.2) is 4.98 Å². The number of benzene rings is 1. The zero-order valence-electron chi connectivity index (χ0n) is 11.9. The van der Waals surface area contributed by atoms with Gasteiger partial charge in [0.1, 0.15) is 0 Å². The molecule has 5 heteroatoms. The number of aromatic nitrogens is 1. The first kappa shape index (κ1) is 14.9. The summed E-state index contributed by atoms with van der Waals surface area (Å²) < 4.78 is 1.16. The summed E-state index contributed by atoms with van der Waals surface area (Å²) in [5.74, 6) is 0.102. The molecule has 1 unspecified atom stereocenters. The van der Waals surface area contributed by atoms with Crippen LogP contribution in [0.4, 0.5) is 0 Å². The fourth-order valence-electron chi connectivity index (χ4n) is 1.94. The SMILES string of the molecule is CC(O)CCN(C)C(=O)CCc1nc2ccccc2s1. The highest BCUT2D eigenvalue weighted by Crippen LogP contribution is 2.22. The van der Waals surface area contributed by atoms with Gasteiger partial charge >= 0.3 is 0 Å². The summed E-state index contributed by atoms with van der Waals surface area (Å²) in [4.78, 5) is 18.2. The van der Waals surface area contributed by atoms with Crippen molar-refractivity contribution >= 4 is 27.5 Å². The topological polar surface area (TPSA) is 53.4 Å². The second-order valence-electron chi connectivity index (χ2n) is 5.03. The number of amides is 1. The third kappa shape index (κ3) is 4.02. The van der Waals surface area contributed by atoms with Crippen molar-refractivity contribution in [3.63, 3.8) is 0 Å². The molecule has 2 aromatic rings. The molecule has 108 valence electrons. The normalized spacial score (nSPS) is 12.6. The van der Waals surface area contributed by atoms with Crippen LogP contribution in [0.2, 0.25) is 0 Å². The molecule has 1 aromatic carbocycles. The van der Waals surface area contributed by atoms with Crippen LogP contribution in [0.5, 0.6) is 0 Å². The molecule has 1 atom stereocenters. The Morgan fingerprint density at radius 1 is 1.45 bits per heavy atom. The smallest absolute Gasteiger partial charge is 0.222 e. The van der Waals surface area contributed by atoms with Crippen LogP contribution in [0.15, 0.2) is 24.3 Å². The van der Waals surface area contributed by atoms with Crippen LogP contribution in [0.1, 0.15) is 24.8 Å². The molecule has 0 aliphatic rings. The standard InChI is InChI=1S/C15H20N2O2S/c1-11(18)9-10-17(2)15(19)8-7-14-16-12-5-3-4-6-13(12)20-14/h3-6,11,18H,7-10H2,1-2H3. The molecular formula is C15H20N2O2S. The maximum absolute atomic E-state index is 12.0. The number of aliphatic hydroxyl groups excluding tert-OH is 1. The van der Waals surface area contributed by atoms with E-state index in [1.807, 2.05) is 24.3 Å². The van der Waals surface area contributed by atoms with E-state index in [0.29, 0.717) is 25.8 Å². The van der Waals surface area contributed by atoms with Crippen molar-refractivity contribution in [2.45, 2.75) is 32.3 Å². The highest BCUT2D eigenvalue weighted by Gasteiger charge is 2.11. The van der Waals surface area contributed by atoms with Gasteiger partial charge in [0.05, 0.1) is 21.3 Å². The van der Waals surface area contributed by atoms with Crippen molar-refractivity contribution in [3.8, 4) is 0 Å². The maximum Gasteiger partial charge on any atom is 0.222 e. The Morgan fingerprint density at radius 3 is 2.90 bits per heavy atom. The van der Waals surface area contributed by atoms with Crippen molar-refractivity contribution in [2.75, 3.05) is 13.6 Å². The fourth-order valence-corrected chi connectivity index (χ4v) is 2.90. The average molecular weight is 292 g/mol. The lowest BCUT2D eigenvalue weighted by Crippen LogP contribution is -2.29. The van der Waals surface area contributed by atoms with Crippen LogP contribution in [0, 0.1) is 0 Å². The first-order valence-corrected chi connectivity index (χ1v) is 7.64. The monoisotopic (exact) mass is 292 g/mol. The zero-order valence-corrected chi connectivity index (χ0v) is 12.7. The lowest BCUT2D eigenvalue weighted by Gasteiger charge is -2.17. The van der Waals surface area contributed by atoms with Crippen molar-refractivity contribution in [1.82, 2.24) is 9.88 Å². The van der Waals surface area contributed by atoms with Gasteiger partial charge in [-0.05, 0) is 25.5 Å². The summed E-state index contributed by atoms with van der Waals surface area (Å²) in [5.41, 5.74) is 1.00. The Balaban J connectivity index is 1.86. The molecule has 1 amide bonds. The van der Waals surface area contributed by atoms with E-state index in [1.54, 1.807) is 30.2 Å². The van der Waals surface area contributed by atoms with E-state index < -0.39 is 0 Å². The van der Waals surface area contributed by atoms with Gasteiger partial charge in [0.2, 0.25) is 5.91 Å². The molecule has 20 heavy (non-hydrogen) atoms. The molecule has 0 fully saturated rings. The zero-order chi connectivity index (χ0) is 14.5. The number of rotatable bonds is 6. The molecule has 0 saturated carbocycles. The Hall–Kier alpha value is -1.46. The summed E-state index contributed by atoms with van der Waals surface area (Å²) in [6, 6.07) is 8.01. The van der Waals surface area contributed by atoms with Crippen LogP contribution in [0.25, 0.3) is 10.2 Å². The predicted octanol–water partition coefficient (Wildman–Crippen LogP) is 2.46. The molecule has 2 rings (SSSR count). The summed E-state index contributed by atoms with van der Waals surface area (Å²) >= 11 is 1.65. The van der Waals surface area contributed by atoms with Gasteiger partial charge in [0.25, 0.3) is 0 Å². The van der Waals surface area contributed by atoms with Gasteiger partial charge in [0.15, 0.2) is 0 Å². The number of aliphatic hydroxyl groups is 1.